The second-order valence-electron chi connectivity index (χ2n) is 1.75. The first-order chi connectivity index (χ1) is 3.41. The molecule has 8 heavy (non-hydrogen) atoms. The molecule has 0 aliphatic rings. The van der Waals surface area contributed by atoms with Crippen molar-refractivity contribution in [1.29, 1.82) is 0 Å². The van der Waals surface area contributed by atoms with Crippen molar-refractivity contribution < 1.29 is 21.7 Å². The van der Waals surface area contributed by atoms with Crippen molar-refractivity contribution in [3.8, 4) is 0 Å². The molecular formula is C6H15NTi. The minimum absolute atomic E-state index is 0. The molecule has 48 valence electrons. The van der Waals surface area contributed by atoms with E-state index < -0.39 is 0 Å². The summed E-state index contributed by atoms with van der Waals surface area (Å²) in [6.07, 6.45) is 2.50. The van der Waals surface area contributed by atoms with Crippen molar-refractivity contribution in [1.82, 2.24) is 5.32 Å². The third-order valence-electron chi connectivity index (χ3n) is 0.854. The topological polar surface area (TPSA) is 12.0 Å². The summed E-state index contributed by atoms with van der Waals surface area (Å²) in [6, 6.07) is 0. The van der Waals surface area contributed by atoms with Crippen LogP contribution in [0.5, 0.6) is 0 Å². The Labute approximate surface area is 67.1 Å². The van der Waals surface area contributed by atoms with E-state index in [4.69, 9.17) is 0 Å². The van der Waals surface area contributed by atoms with Crippen LogP contribution in [0.2, 0.25) is 0 Å². The zero-order valence-electron chi connectivity index (χ0n) is 5.83. The molecule has 0 atom stereocenters. The second kappa shape index (κ2) is 10.6. The fourth-order valence-corrected chi connectivity index (χ4v) is 0.479. The molecule has 2 heteroatoms. The Morgan fingerprint density at radius 1 is 1.00 bits per heavy atom. The van der Waals surface area contributed by atoms with Gasteiger partial charge in [-0.15, -0.1) is 0 Å². The molecule has 0 amide bonds. The van der Waals surface area contributed by atoms with Crippen molar-refractivity contribution in [3.05, 3.63) is 0 Å². The Bertz CT molecular complexity index is 27.7. The van der Waals surface area contributed by atoms with Gasteiger partial charge in [0, 0.05) is 21.7 Å². The first kappa shape index (κ1) is 11.5. The van der Waals surface area contributed by atoms with Gasteiger partial charge < -0.3 is 5.32 Å². The van der Waals surface area contributed by atoms with Crippen LogP contribution in [0.15, 0.2) is 0 Å². The van der Waals surface area contributed by atoms with Gasteiger partial charge in [-0.1, -0.05) is 13.8 Å². The first-order valence-electron chi connectivity index (χ1n) is 3.12. The predicted molar refractivity (Wildman–Crippen MR) is 33.5 cm³/mol. The van der Waals surface area contributed by atoms with Gasteiger partial charge in [0.25, 0.3) is 0 Å². The van der Waals surface area contributed by atoms with E-state index in [1.807, 2.05) is 0 Å². The molecule has 0 aromatic rings. The van der Waals surface area contributed by atoms with Gasteiger partial charge in [0.15, 0.2) is 0 Å². The first-order valence-corrected chi connectivity index (χ1v) is 3.12. The van der Waals surface area contributed by atoms with Crippen LogP contribution in [-0.4, -0.2) is 13.1 Å². The second-order valence-corrected chi connectivity index (χ2v) is 1.75. The molecule has 0 spiro atoms. The van der Waals surface area contributed by atoms with Gasteiger partial charge >= 0.3 is 0 Å². The average molecular weight is 149 g/mol. The van der Waals surface area contributed by atoms with E-state index in [-0.39, 0.29) is 21.7 Å². The van der Waals surface area contributed by atoms with E-state index in [9.17, 15) is 0 Å². The van der Waals surface area contributed by atoms with Crippen molar-refractivity contribution in [2.45, 2.75) is 26.7 Å². The largest absolute Gasteiger partial charge is 0.317 e. The molecule has 0 aromatic carbocycles. The molecule has 0 aliphatic carbocycles. The predicted octanol–water partition coefficient (Wildman–Crippen LogP) is 1.39. The van der Waals surface area contributed by atoms with E-state index >= 15 is 0 Å². The molecule has 0 radical (unpaired) electrons. The van der Waals surface area contributed by atoms with Gasteiger partial charge in [-0.05, 0) is 25.9 Å². The summed E-state index contributed by atoms with van der Waals surface area (Å²) in [5.74, 6) is 0. The van der Waals surface area contributed by atoms with Gasteiger partial charge in [0.2, 0.25) is 0 Å². The zero-order valence-corrected chi connectivity index (χ0v) is 7.39. The monoisotopic (exact) mass is 149 g/mol. The maximum absolute atomic E-state index is 3.28. The smallest absolute Gasteiger partial charge is 0 e. The van der Waals surface area contributed by atoms with Gasteiger partial charge in [-0.2, -0.15) is 0 Å². The Morgan fingerprint density at radius 3 is 1.62 bits per heavy atom. The maximum Gasteiger partial charge on any atom is 0 e. The summed E-state index contributed by atoms with van der Waals surface area (Å²) in [6.45, 7) is 6.72. The Balaban J connectivity index is 0. The third kappa shape index (κ3) is 9.84. The fraction of sp³-hybridized carbons (Fsp3) is 1.00. The number of nitrogens with one attached hydrogen (secondary N) is 1. The van der Waals surface area contributed by atoms with Crippen LogP contribution in [0.1, 0.15) is 26.7 Å². The molecule has 0 aromatic heterocycles. The zero-order chi connectivity index (χ0) is 5.54. The number of hydrogen-bond acceptors (Lipinski definition) is 1. The molecular weight excluding hydrogens is 134 g/mol. The van der Waals surface area contributed by atoms with Gasteiger partial charge in [-0.3, -0.25) is 0 Å². The van der Waals surface area contributed by atoms with E-state index in [1.54, 1.807) is 0 Å². The summed E-state index contributed by atoms with van der Waals surface area (Å²) in [7, 11) is 0. The molecule has 1 N–H and O–H groups in total. The molecule has 0 fully saturated rings. The van der Waals surface area contributed by atoms with Gasteiger partial charge in [-0.25, -0.2) is 0 Å². The summed E-state index contributed by atoms with van der Waals surface area (Å²) in [5.41, 5.74) is 0. The quantitative estimate of drug-likeness (QED) is 0.470. The maximum atomic E-state index is 3.28. The van der Waals surface area contributed by atoms with Crippen molar-refractivity contribution in [2.75, 3.05) is 13.1 Å². The summed E-state index contributed by atoms with van der Waals surface area (Å²) in [4.78, 5) is 0. The van der Waals surface area contributed by atoms with Crippen LogP contribution in [-0.2, 0) is 21.7 Å². The number of hydrogen-bond donors (Lipinski definition) is 1. The van der Waals surface area contributed by atoms with E-state index in [0.29, 0.717) is 0 Å². The molecule has 0 aliphatic heterocycles. The molecule has 0 bridgehead atoms. The van der Waals surface area contributed by atoms with Crippen LogP contribution >= 0.6 is 0 Å². The summed E-state index contributed by atoms with van der Waals surface area (Å²) in [5, 5.41) is 3.28. The van der Waals surface area contributed by atoms with Crippen LogP contribution in [0.25, 0.3) is 0 Å². The van der Waals surface area contributed by atoms with Crippen molar-refractivity contribution in [3.63, 3.8) is 0 Å². The molecule has 0 saturated carbocycles. The van der Waals surface area contributed by atoms with Crippen molar-refractivity contribution >= 4 is 0 Å². The Morgan fingerprint density at radius 2 is 1.38 bits per heavy atom. The summed E-state index contributed by atoms with van der Waals surface area (Å²) >= 11 is 0. The Hall–Kier alpha value is 0.674. The van der Waals surface area contributed by atoms with Gasteiger partial charge in [0.1, 0.15) is 0 Å². The summed E-state index contributed by atoms with van der Waals surface area (Å²) < 4.78 is 0. The third-order valence-corrected chi connectivity index (χ3v) is 0.854. The van der Waals surface area contributed by atoms with Gasteiger partial charge in [0.05, 0.1) is 0 Å². The number of rotatable bonds is 4. The average Bonchev–Trinajstić information content (AvgIpc) is 1.69. The van der Waals surface area contributed by atoms with E-state index in [1.165, 1.54) is 25.9 Å². The fourth-order valence-electron chi connectivity index (χ4n) is 0.479. The van der Waals surface area contributed by atoms with E-state index in [2.05, 4.69) is 19.2 Å². The van der Waals surface area contributed by atoms with Crippen LogP contribution in [0.3, 0.4) is 0 Å². The van der Waals surface area contributed by atoms with Crippen LogP contribution in [0.4, 0.5) is 0 Å². The molecule has 0 heterocycles. The Kier molecular flexibility index (Phi) is 15.2. The molecule has 1 nitrogen and oxygen atoms in total. The molecule has 0 rings (SSSR count). The SMILES string of the molecule is CCCNCCC.[Ti]. The molecule has 0 unspecified atom stereocenters. The normalized spacial score (nSPS) is 8.25. The van der Waals surface area contributed by atoms with E-state index in [0.717, 1.165) is 0 Å². The molecule has 0 saturated heterocycles. The van der Waals surface area contributed by atoms with Crippen LogP contribution < -0.4 is 5.32 Å². The minimum atomic E-state index is 0. The standard InChI is InChI=1S/C6H15N.Ti/c1-3-5-7-6-4-2;/h7H,3-6H2,1-2H3;. The van der Waals surface area contributed by atoms with Crippen LogP contribution in [0, 0.1) is 0 Å². The minimum Gasteiger partial charge on any atom is -0.317 e. The van der Waals surface area contributed by atoms with Crippen molar-refractivity contribution in [2.24, 2.45) is 0 Å².